The van der Waals surface area contributed by atoms with Crippen LogP contribution in [-0.4, -0.2) is 48.5 Å². The molecule has 0 spiro atoms. The number of pyridine rings is 1. The molecule has 6 nitrogen and oxygen atoms in total. The van der Waals surface area contributed by atoms with E-state index in [-0.39, 0.29) is 18.4 Å². The molecule has 1 fully saturated rings. The van der Waals surface area contributed by atoms with Gasteiger partial charge in [0.2, 0.25) is 5.88 Å². The number of methoxy groups -OCH3 is 1. The van der Waals surface area contributed by atoms with E-state index in [0.29, 0.717) is 35.2 Å². The number of ether oxygens (including phenoxy) is 2. The van der Waals surface area contributed by atoms with Gasteiger partial charge < -0.3 is 19.9 Å². The predicted molar refractivity (Wildman–Crippen MR) is 112 cm³/mol. The largest absolute Gasteiger partial charge is 0.477 e. The Morgan fingerprint density at radius 1 is 1.31 bits per heavy atom. The number of benzene rings is 1. The van der Waals surface area contributed by atoms with E-state index in [1.807, 2.05) is 12.1 Å². The number of hydrogen-bond donors (Lipinski definition) is 2. The Hall–Kier alpha value is -2.15. The zero-order chi connectivity index (χ0) is 20.9. The first-order valence-corrected chi connectivity index (χ1v) is 10.2. The predicted octanol–water partition coefficient (Wildman–Crippen LogP) is 3.71. The number of carbonyl (C=O) groups excluding carboxylic acids is 1. The summed E-state index contributed by atoms with van der Waals surface area (Å²) >= 11 is 6.00. The minimum atomic E-state index is -0.882. The SMILES string of the molecule is COCCCOc1ncc(C(=O)NCC(C)(O)C2CC2)cc1-c1ccc(Cl)cc1. The second-order valence-corrected chi connectivity index (χ2v) is 8.03. The minimum absolute atomic E-state index is 0.210. The molecule has 1 unspecified atom stereocenters. The van der Waals surface area contributed by atoms with Crippen molar-refractivity contribution in [3.05, 3.63) is 47.1 Å². The van der Waals surface area contributed by atoms with E-state index in [1.54, 1.807) is 32.2 Å². The highest BCUT2D eigenvalue weighted by Gasteiger charge is 2.40. The van der Waals surface area contributed by atoms with Gasteiger partial charge in [-0.2, -0.15) is 0 Å². The van der Waals surface area contributed by atoms with Gasteiger partial charge in [-0.25, -0.2) is 4.98 Å². The van der Waals surface area contributed by atoms with Crippen molar-refractivity contribution >= 4 is 17.5 Å². The maximum atomic E-state index is 12.6. The van der Waals surface area contributed by atoms with Crippen LogP contribution in [0.5, 0.6) is 5.88 Å². The first-order valence-electron chi connectivity index (χ1n) is 9.79. The molecule has 1 aliphatic rings. The van der Waals surface area contributed by atoms with E-state index >= 15 is 0 Å². The average molecular weight is 419 g/mol. The van der Waals surface area contributed by atoms with Crippen molar-refractivity contribution in [3.8, 4) is 17.0 Å². The molecular weight excluding hydrogens is 392 g/mol. The van der Waals surface area contributed by atoms with Gasteiger partial charge in [-0.15, -0.1) is 0 Å². The number of rotatable bonds is 10. The van der Waals surface area contributed by atoms with Crippen LogP contribution in [0, 0.1) is 5.92 Å². The Kier molecular flexibility index (Phi) is 7.11. The molecule has 0 bridgehead atoms. The van der Waals surface area contributed by atoms with Crippen LogP contribution in [0.2, 0.25) is 5.02 Å². The van der Waals surface area contributed by atoms with Crippen LogP contribution in [-0.2, 0) is 4.74 Å². The molecule has 1 saturated carbocycles. The quantitative estimate of drug-likeness (QED) is 0.575. The lowest BCUT2D eigenvalue weighted by molar-refractivity contribution is 0.0354. The van der Waals surface area contributed by atoms with Crippen LogP contribution in [0.15, 0.2) is 36.5 Å². The van der Waals surface area contributed by atoms with Gasteiger partial charge >= 0.3 is 0 Å². The summed E-state index contributed by atoms with van der Waals surface area (Å²) in [7, 11) is 1.64. The summed E-state index contributed by atoms with van der Waals surface area (Å²) in [5.41, 5.74) is 1.08. The molecule has 1 amide bonds. The fourth-order valence-corrected chi connectivity index (χ4v) is 3.24. The van der Waals surface area contributed by atoms with E-state index in [4.69, 9.17) is 21.1 Å². The van der Waals surface area contributed by atoms with E-state index in [1.165, 1.54) is 6.20 Å². The summed E-state index contributed by atoms with van der Waals surface area (Å²) < 4.78 is 10.9. The van der Waals surface area contributed by atoms with E-state index in [2.05, 4.69) is 10.3 Å². The molecular formula is C22H27ClN2O4. The zero-order valence-electron chi connectivity index (χ0n) is 16.8. The number of nitrogens with one attached hydrogen (secondary N) is 1. The van der Waals surface area contributed by atoms with Gasteiger partial charge in [0.1, 0.15) is 0 Å². The van der Waals surface area contributed by atoms with Crippen molar-refractivity contribution in [1.29, 1.82) is 0 Å². The third-order valence-corrected chi connectivity index (χ3v) is 5.32. The van der Waals surface area contributed by atoms with Crippen molar-refractivity contribution in [2.24, 2.45) is 5.92 Å². The summed E-state index contributed by atoms with van der Waals surface area (Å²) in [6.45, 7) is 3.02. The Morgan fingerprint density at radius 3 is 2.69 bits per heavy atom. The number of nitrogens with zero attached hydrogens (tertiary/aromatic N) is 1. The van der Waals surface area contributed by atoms with E-state index < -0.39 is 5.60 Å². The maximum absolute atomic E-state index is 12.6. The van der Waals surface area contributed by atoms with Gasteiger partial charge in [-0.1, -0.05) is 23.7 Å². The van der Waals surface area contributed by atoms with Crippen molar-refractivity contribution < 1.29 is 19.4 Å². The minimum Gasteiger partial charge on any atom is -0.477 e. The number of halogens is 1. The summed E-state index contributed by atoms with van der Waals surface area (Å²) in [4.78, 5) is 17.0. The smallest absolute Gasteiger partial charge is 0.252 e. The van der Waals surface area contributed by atoms with Gasteiger partial charge in [0.25, 0.3) is 5.91 Å². The number of aromatic nitrogens is 1. The highest BCUT2D eigenvalue weighted by atomic mass is 35.5. The first kappa shape index (κ1) is 21.6. The third kappa shape index (κ3) is 5.92. The van der Waals surface area contributed by atoms with Crippen LogP contribution in [0.3, 0.4) is 0 Å². The standard InChI is InChI=1S/C22H27ClN2O4/c1-22(27,17-6-7-17)14-25-20(26)16-12-19(15-4-8-18(23)9-5-15)21(24-13-16)29-11-3-10-28-2/h4-5,8-9,12-13,17,27H,3,6-7,10-11,14H2,1-2H3,(H,25,26). The average Bonchev–Trinajstić information content (AvgIpc) is 3.56. The second kappa shape index (κ2) is 9.57. The van der Waals surface area contributed by atoms with Crippen LogP contribution in [0.1, 0.15) is 36.5 Å². The molecule has 156 valence electrons. The summed E-state index contributed by atoms with van der Waals surface area (Å²) in [6, 6.07) is 9.04. The van der Waals surface area contributed by atoms with Gasteiger partial charge in [0.15, 0.2) is 0 Å². The molecule has 3 rings (SSSR count). The lowest BCUT2D eigenvalue weighted by atomic mass is 10.0. The van der Waals surface area contributed by atoms with Gasteiger partial charge in [-0.3, -0.25) is 4.79 Å². The van der Waals surface area contributed by atoms with Crippen molar-refractivity contribution in [2.75, 3.05) is 26.9 Å². The highest BCUT2D eigenvalue weighted by Crippen LogP contribution is 2.39. The fraction of sp³-hybridized carbons (Fsp3) is 0.455. The molecule has 0 aliphatic heterocycles. The Morgan fingerprint density at radius 2 is 2.03 bits per heavy atom. The van der Waals surface area contributed by atoms with Crippen LogP contribution in [0.25, 0.3) is 11.1 Å². The lowest BCUT2D eigenvalue weighted by Crippen LogP contribution is -2.42. The summed E-state index contributed by atoms with van der Waals surface area (Å²) in [6.07, 6.45) is 4.23. The Bertz CT molecular complexity index is 835. The zero-order valence-corrected chi connectivity index (χ0v) is 17.5. The van der Waals surface area contributed by atoms with Crippen LogP contribution < -0.4 is 10.1 Å². The number of aliphatic hydroxyl groups is 1. The van der Waals surface area contributed by atoms with E-state index in [9.17, 15) is 9.90 Å². The molecule has 0 radical (unpaired) electrons. The monoisotopic (exact) mass is 418 g/mol. The maximum Gasteiger partial charge on any atom is 0.252 e. The number of carbonyl (C=O) groups is 1. The molecule has 2 N–H and O–H groups in total. The lowest BCUT2D eigenvalue weighted by Gasteiger charge is -2.23. The first-order chi connectivity index (χ1) is 13.9. The fourth-order valence-electron chi connectivity index (χ4n) is 3.11. The molecule has 0 saturated heterocycles. The normalized spacial score (nSPS) is 15.6. The molecule has 1 aliphatic carbocycles. The molecule has 1 aromatic heterocycles. The highest BCUT2D eigenvalue weighted by molar-refractivity contribution is 6.30. The van der Waals surface area contributed by atoms with E-state index in [0.717, 1.165) is 24.8 Å². The van der Waals surface area contributed by atoms with Crippen molar-refractivity contribution in [1.82, 2.24) is 10.3 Å². The third-order valence-electron chi connectivity index (χ3n) is 5.06. The summed E-state index contributed by atoms with van der Waals surface area (Å²) in [5.74, 6) is 0.429. The Balaban J connectivity index is 1.78. The second-order valence-electron chi connectivity index (χ2n) is 7.59. The number of hydrogen-bond acceptors (Lipinski definition) is 5. The van der Waals surface area contributed by atoms with Crippen molar-refractivity contribution in [2.45, 2.75) is 31.8 Å². The van der Waals surface area contributed by atoms with Crippen LogP contribution in [0.4, 0.5) is 0 Å². The molecule has 1 heterocycles. The molecule has 2 aromatic rings. The van der Waals surface area contributed by atoms with Gasteiger partial charge in [0, 0.05) is 43.5 Å². The van der Waals surface area contributed by atoms with Gasteiger partial charge in [0.05, 0.1) is 17.8 Å². The van der Waals surface area contributed by atoms with Crippen molar-refractivity contribution in [3.63, 3.8) is 0 Å². The summed E-state index contributed by atoms with van der Waals surface area (Å²) in [5, 5.41) is 13.9. The molecule has 29 heavy (non-hydrogen) atoms. The van der Waals surface area contributed by atoms with Crippen LogP contribution >= 0.6 is 11.6 Å². The molecule has 1 atom stereocenters. The van der Waals surface area contributed by atoms with Gasteiger partial charge in [-0.05, 0) is 49.4 Å². The Labute approximate surface area is 176 Å². The molecule has 1 aromatic carbocycles. The molecule has 7 heteroatoms. The number of amides is 1. The topological polar surface area (TPSA) is 80.7 Å².